The number of nitrogens with two attached hydrogens (primary N) is 1. The van der Waals surface area contributed by atoms with Gasteiger partial charge >= 0.3 is 0 Å². The van der Waals surface area contributed by atoms with Crippen LogP contribution in [0.1, 0.15) is 38.1 Å². The number of nitrogens with one attached hydrogen (secondary N) is 3. The van der Waals surface area contributed by atoms with Crippen LogP contribution in [-0.2, 0) is 0 Å². The van der Waals surface area contributed by atoms with Crippen molar-refractivity contribution in [3.8, 4) is 0 Å². The summed E-state index contributed by atoms with van der Waals surface area (Å²) < 4.78 is 1.96. The van der Waals surface area contributed by atoms with Gasteiger partial charge < -0.3 is 29.9 Å². The van der Waals surface area contributed by atoms with Crippen LogP contribution < -0.4 is 21.7 Å². The van der Waals surface area contributed by atoms with Crippen molar-refractivity contribution in [2.75, 3.05) is 25.0 Å². The summed E-state index contributed by atoms with van der Waals surface area (Å²) in [6.07, 6.45) is 3.13. The summed E-state index contributed by atoms with van der Waals surface area (Å²) in [5, 5.41) is 19.6. The predicted octanol–water partition coefficient (Wildman–Crippen LogP) is 2.96. The molecule has 1 aromatic rings. The highest BCUT2D eigenvalue weighted by atomic mass is 127. The van der Waals surface area contributed by atoms with Gasteiger partial charge in [-0.15, -0.1) is 0 Å². The summed E-state index contributed by atoms with van der Waals surface area (Å²) in [5.41, 5.74) is 7.10. The Bertz CT molecular complexity index is 905. The highest BCUT2D eigenvalue weighted by Gasteiger charge is 2.27. The van der Waals surface area contributed by atoms with Crippen LogP contribution >= 0.6 is 34.5 Å². The number of aliphatic hydroxyl groups is 1. The molecule has 1 amide bonds. The molecule has 1 aliphatic heterocycles. The molecular weight excluding hydrogens is 557 g/mol. The van der Waals surface area contributed by atoms with Gasteiger partial charge in [-0.3, -0.25) is 9.79 Å². The first kappa shape index (κ1) is 27.4. The highest BCUT2D eigenvalue weighted by molar-refractivity contribution is 14.1. The fourth-order valence-corrected chi connectivity index (χ4v) is 3.41. The van der Waals surface area contributed by atoms with Crippen LogP contribution in [0.15, 0.2) is 39.7 Å². The maximum absolute atomic E-state index is 12.2. The minimum atomic E-state index is -0.311. The zero-order chi connectivity index (χ0) is 24.5. The van der Waals surface area contributed by atoms with Crippen molar-refractivity contribution in [2.24, 2.45) is 27.6 Å². The molecule has 0 aliphatic carbocycles. The van der Waals surface area contributed by atoms with Gasteiger partial charge in [0, 0.05) is 37.3 Å². The molecule has 0 fully saturated rings. The second kappa shape index (κ2) is 13.1. The Kier molecular flexibility index (Phi) is 10.9. The molecule has 0 radical (unpaired) electrons. The number of aliphatic hydroxyl groups excluding tert-OH is 1. The third-order valence-corrected chi connectivity index (χ3v) is 6.77. The summed E-state index contributed by atoms with van der Waals surface area (Å²) in [6.45, 7) is 8.96. The van der Waals surface area contributed by atoms with Gasteiger partial charge in [-0.05, 0) is 38.0 Å². The summed E-state index contributed by atoms with van der Waals surface area (Å²) in [6, 6.07) is 5.39. The third kappa shape index (κ3) is 7.83. The SMILES string of the molecule is CC(C)[C@H](CO)C1N=CC(N=CN(I)C(C)C)=C(Nc2ccc(C(=O)NCCN)c(Cl)c2)N1. The van der Waals surface area contributed by atoms with Gasteiger partial charge in [0.1, 0.15) is 24.0 Å². The molecule has 0 saturated heterocycles. The van der Waals surface area contributed by atoms with E-state index in [1.54, 1.807) is 30.8 Å². The lowest BCUT2D eigenvalue weighted by Crippen LogP contribution is -2.43. The van der Waals surface area contributed by atoms with E-state index in [0.29, 0.717) is 40.9 Å². The second-order valence-electron chi connectivity index (χ2n) is 8.26. The molecule has 2 rings (SSSR count). The predicted molar refractivity (Wildman–Crippen MR) is 144 cm³/mol. The van der Waals surface area contributed by atoms with Crippen LogP contribution in [0.25, 0.3) is 0 Å². The van der Waals surface area contributed by atoms with Crippen molar-refractivity contribution in [2.45, 2.75) is 39.9 Å². The molecule has 2 atom stereocenters. The Morgan fingerprint density at radius 1 is 1.42 bits per heavy atom. The van der Waals surface area contributed by atoms with E-state index in [9.17, 15) is 9.90 Å². The van der Waals surface area contributed by atoms with E-state index in [4.69, 9.17) is 17.3 Å². The summed E-state index contributed by atoms with van der Waals surface area (Å²) in [7, 11) is 0. The van der Waals surface area contributed by atoms with Gasteiger partial charge in [0.2, 0.25) is 0 Å². The molecule has 1 aromatic carbocycles. The van der Waals surface area contributed by atoms with Gasteiger partial charge in [0.25, 0.3) is 5.91 Å². The van der Waals surface area contributed by atoms with Crippen molar-refractivity contribution < 1.29 is 9.90 Å². The number of nitrogens with zero attached hydrogens (tertiary/aromatic N) is 3. The normalized spacial score (nSPS) is 17.0. The quantitative estimate of drug-likeness (QED) is 0.117. The van der Waals surface area contributed by atoms with Gasteiger partial charge in [-0.25, -0.2) is 4.99 Å². The first-order valence-corrected chi connectivity index (χ1v) is 12.2. The molecule has 182 valence electrons. The number of carbonyl (C=O) groups is 1. The molecule has 0 spiro atoms. The van der Waals surface area contributed by atoms with E-state index < -0.39 is 0 Å². The number of amides is 1. The van der Waals surface area contributed by atoms with E-state index in [0.717, 1.165) is 0 Å². The molecule has 0 aromatic heterocycles. The number of rotatable bonds is 11. The van der Waals surface area contributed by atoms with Crippen LogP contribution in [0.5, 0.6) is 0 Å². The topological polar surface area (TPSA) is 127 Å². The molecule has 11 heteroatoms. The smallest absolute Gasteiger partial charge is 0.252 e. The number of carbonyl (C=O) groups excluding carboxylic acids is 1. The van der Waals surface area contributed by atoms with E-state index in [1.807, 2.05) is 17.0 Å². The molecule has 6 N–H and O–H groups in total. The zero-order valence-electron chi connectivity index (χ0n) is 19.3. The Labute approximate surface area is 214 Å². The number of allylic oxidation sites excluding steroid dienone is 1. The zero-order valence-corrected chi connectivity index (χ0v) is 22.3. The minimum absolute atomic E-state index is 0.00582. The van der Waals surface area contributed by atoms with Crippen molar-refractivity contribution in [3.63, 3.8) is 0 Å². The Morgan fingerprint density at radius 3 is 2.73 bits per heavy atom. The summed E-state index contributed by atoms with van der Waals surface area (Å²) >= 11 is 8.56. The largest absolute Gasteiger partial charge is 0.396 e. The monoisotopic (exact) mass is 589 g/mol. The average Bonchev–Trinajstić information content (AvgIpc) is 2.76. The second-order valence-corrected chi connectivity index (χ2v) is 9.79. The van der Waals surface area contributed by atoms with Crippen molar-refractivity contribution in [1.29, 1.82) is 0 Å². The fourth-order valence-electron chi connectivity index (χ4n) is 3.02. The van der Waals surface area contributed by atoms with Crippen LogP contribution in [0.2, 0.25) is 5.02 Å². The maximum Gasteiger partial charge on any atom is 0.252 e. The Balaban J connectivity index is 2.32. The molecule has 1 unspecified atom stereocenters. The first-order valence-electron chi connectivity index (χ1n) is 10.9. The van der Waals surface area contributed by atoms with Gasteiger partial charge in [-0.2, -0.15) is 0 Å². The van der Waals surface area contributed by atoms with Gasteiger partial charge in [0.15, 0.2) is 0 Å². The van der Waals surface area contributed by atoms with E-state index in [2.05, 4.69) is 62.6 Å². The van der Waals surface area contributed by atoms with Crippen molar-refractivity contribution in [1.82, 2.24) is 13.7 Å². The van der Waals surface area contributed by atoms with Crippen molar-refractivity contribution >= 4 is 58.6 Å². The number of anilines is 1. The highest BCUT2D eigenvalue weighted by Crippen LogP contribution is 2.25. The molecular formula is C22H33ClIN7O2. The van der Waals surface area contributed by atoms with E-state index >= 15 is 0 Å². The number of aliphatic imine (C=N–C) groups is 2. The van der Waals surface area contributed by atoms with Crippen molar-refractivity contribution in [3.05, 3.63) is 40.3 Å². The lowest BCUT2D eigenvalue weighted by atomic mass is 9.93. The van der Waals surface area contributed by atoms with Gasteiger partial charge in [-0.1, -0.05) is 25.4 Å². The molecule has 0 saturated carbocycles. The number of halogens is 2. The first-order chi connectivity index (χ1) is 15.7. The van der Waals surface area contributed by atoms with E-state index in [1.165, 1.54) is 0 Å². The van der Waals surface area contributed by atoms with Crippen LogP contribution in [0.3, 0.4) is 0 Å². The van der Waals surface area contributed by atoms with Crippen LogP contribution in [0, 0.1) is 11.8 Å². The maximum atomic E-state index is 12.2. The van der Waals surface area contributed by atoms with E-state index in [-0.39, 0.29) is 36.6 Å². The standard InChI is InChI=1S/C22H33ClIN7O2/c1-13(2)17(11-32)20-27-10-19(28-12-31(24)14(3)4)21(30-20)29-15-5-6-16(18(23)9-15)22(33)26-8-7-25/h5-6,9-10,12-14,17,20,29-30,32H,7-8,11,25H2,1-4H3,(H,26,33)/t17-,20?/m0/s1. The summed E-state index contributed by atoms with van der Waals surface area (Å²) in [4.78, 5) is 21.4. The Hall–Kier alpha value is -1.89. The minimum Gasteiger partial charge on any atom is -0.396 e. The number of hydrogen-bond donors (Lipinski definition) is 5. The van der Waals surface area contributed by atoms with Gasteiger partial charge in [0.05, 0.1) is 39.7 Å². The fraction of sp³-hybridized carbons (Fsp3) is 0.500. The summed E-state index contributed by atoms with van der Waals surface area (Å²) in [5.74, 6) is 0.512. The molecule has 33 heavy (non-hydrogen) atoms. The molecule has 0 bridgehead atoms. The Morgan fingerprint density at radius 2 is 2.15 bits per heavy atom. The lowest BCUT2D eigenvalue weighted by molar-refractivity contribution is 0.0955. The third-order valence-electron chi connectivity index (χ3n) is 5.09. The molecule has 1 aliphatic rings. The van der Waals surface area contributed by atoms with Crippen LogP contribution in [0.4, 0.5) is 5.69 Å². The number of benzene rings is 1. The number of hydrogen-bond acceptors (Lipinski definition) is 7. The van der Waals surface area contributed by atoms with Crippen LogP contribution in [-0.4, -0.2) is 58.6 Å². The lowest BCUT2D eigenvalue weighted by Gasteiger charge is -2.31. The molecule has 9 nitrogen and oxygen atoms in total. The average molecular weight is 590 g/mol. The molecule has 1 heterocycles.